The second-order valence-electron chi connectivity index (χ2n) is 13.1. The van der Waals surface area contributed by atoms with Gasteiger partial charge in [0, 0.05) is 18.7 Å². The van der Waals surface area contributed by atoms with Crippen LogP contribution in [0.25, 0.3) is 0 Å². The van der Waals surface area contributed by atoms with E-state index >= 15 is 0 Å². The highest BCUT2D eigenvalue weighted by Crippen LogP contribution is 2.61. The Morgan fingerprint density at radius 1 is 1.23 bits per heavy atom. The molecular formula is C29H46N4O2. The highest BCUT2D eigenvalue weighted by Gasteiger charge is 2.57. The van der Waals surface area contributed by atoms with Crippen LogP contribution in [0.1, 0.15) is 84.1 Å². The van der Waals surface area contributed by atoms with E-state index in [0.717, 1.165) is 38.6 Å². The molecule has 1 aromatic heterocycles. The van der Waals surface area contributed by atoms with Gasteiger partial charge in [-0.05, 0) is 101 Å². The van der Waals surface area contributed by atoms with E-state index in [2.05, 4.69) is 44.0 Å². The van der Waals surface area contributed by atoms with Crippen molar-refractivity contribution in [2.24, 2.45) is 40.9 Å². The molecule has 6 heteroatoms. The number of hydrogen-bond donors (Lipinski definition) is 1. The number of hydrogen-bond acceptors (Lipinski definition) is 5. The Morgan fingerprint density at radius 3 is 2.66 bits per heavy atom. The van der Waals surface area contributed by atoms with Crippen molar-refractivity contribution in [2.45, 2.75) is 90.7 Å². The molecule has 3 aliphatic rings. The smallest absolute Gasteiger partial charge is 0.157 e. The molecule has 1 N–H and O–H groups in total. The zero-order chi connectivity index (χ0) is 25.4. The summed E-state index contributed by atoms with van der Waals surface area (Å²) in [6.07, 6.45) is 13.2. The fraction of sp³-hybridized carbons (Fsp3) is 0.828. The van der Waals surface area contributed by atoms with Gasteiger partial charge < -0.3 is 10.0 Å². The van der Waals surface area contributed by atoms with Crippen LogP contribution in [0.5, 0.6) is 0 Å². The summed E-state index contributed by atoms with van der Waals surface area (Å²) < 4.78 is 1.65. The normalized spacial score (nSPS) is 39.4. The molecule has 3 aliphatic carbocycles. The second-order valence-corrected chi connectivity index (χ2v) is 13.1. The zero-order valence-electron chi connectivity index (χ0n) is 22.5. The van der Waals surface area contributed by atoms with Crippen molar-refractivity contribution >= 4 is 5.78 Å². The van der Waals surface area contributed by atoms with Crippen LogP contribution in [-0.4, -0.2) is 51.8 Å². The maximum Gasteiger partial charge on any atom is 0.157 e. The summed E-state index contributed by atoms with van der Waals surface area (Å²) >= 11 is 0. The summed E-state index contributed by atoms with van der Waals surface area (Å²) in [5, 5.41) is 24.1. The fourth-order valence-electron chi connectivity index (χ4n) is 8.39. The zero-order valence-corrected chi connectivity index (χ0v) is 22.5. The van der Waals surface area contributed by atoms with Gasteiger partial charge in [-0.2, -0.15) is 10.4 Å². The van der Waals surface area contributed by atoms with Gasteiger partial charge in [0.05, 0.1) is 23.9 Å². The third kappa shape index (κ3) is 5.67. The Labute approximate surface area is 212 Å². The number of Topliss-reactive ketones (excluding diaryl/α,β-unsaturated/α-hetero) is 1. The first-order valence-corrected chi connectivity index (χ1v) is 13.8. The Hall–Kier alpha value is -1.71. The number of nitrogens with zero attached hydrogens (tertiary/aromatic N) is 4. The van der Waals surface area contributed by atoms with E-state index in [4.69, 9.17) is 5.26 Å². The number of aliphatic hydroxyl groups is 1. The van der Waals surface area contributed by atoms with Gasteiger partial charge in [-0.3, -0.25) is 9.48 Å². The highest BCUT2D eigenvalue weighted by atomic mass is 16.3. The topological polar surface area (TPSA) is 82.1 Å². The van der Waals surface area contributed by atoms with E-state index < -0.39 is 5.60 Å². The number of rotatable bonds is 8. The molecular weight excluding hydrogens is 436 g/mol. The van der Waals surface area contributed by atoms with E-state index in [1.54, 1.807) is 17.1 Å². The maximum absolute atomic E-state index is 13.6. The first kappa shape index (κ1) is 26.4. The molecule has 3 saturated carbocycles. The average Bonchev–Trinajstić information content (AvgIpc) is 3.35. The van der Waals surface area contributed by atoms with Crippen LogP contribution in [0.4, 0.5) is 0 Å². The lowest BCUT2D eigenvalue weighted by Crippen LogP contribution is -2.43. The van der Waals surface area contributed by atoms with Gasteiger partial charge in [-0.15, -0.1) is 0 Å². The highest BCUT2D eigenvalue weighted by molar-refractivity contribution is 5.82. The van der Waals surface area contributed by atoms with Gasteiger partial charge in [-0.25, -0.2) is 0 Å². The molecule has 0 bridgehead atoms. The predicted molar refractivity (Wildman–Crippen MR) is 137 cm³/mol. The van der Waals surface area contributed by atoms with E-state index in [9.17, 15) is 9.90 Å². The molecule has 6 nitrogen and oxygen atoms in total. The number of carbonyl (C=O) groups excluding carboxylic acids is 1. The number of aromatic nitrogens is 2. The lowest BCUT2D eigenvalue weighted by molar-refractivity contribution is -0.128. The Bertz CT molecular complexity index is 931. The van der Waals surface area contributed by atoms with E-state index in [1.807, 2.05) is 6.92 Å². The third-order valence-corrected chi connectivity index (χ3v) is 10.0. The van der Waals surface area contributed by atoms with Crippen LogP contribution in [-0.2, 0) is 11.3 Å². The third-order valence-electron chi connectivity index (χ3n) is 10.0. The molecule has 0 radical (unpaired) electrons. The molecule has 8 atom stereocenters. The molecule has 3 fully saturated rings. The van der Waals surface area contributed by atoms with Gasteiger partial charge >= 0.3 is 0 Å². The van der Waals surface area contributed by atoms with Crippen molar-refractivity contribution in [2.75, 3.05) is 20.6 Å². The van der Waals surface area contributed by atoms with Gasteiger partial charge in [0.25, 0.3) is 0 Å². The van der Waals surface area contributed by atoms with Crippen LogP contribution in [0.3, 0.4) is 0 Å². The number of nitriles is 1. The standard InChI is InChI=1S/C29H46N4O2/c1-20-10-12-28(2,35)14-23(20)9-8-22-7-6-11-29(3)25(13-24(27(22)29)18-32(4)5)26(34)19-33-17-21(15-30)16-31-33/h16-17,20,22-25,27,35H,6-14,18-19H2,1-5H3/t20-,22-,23+,24-,25+,27+,28+,29+/m0/s1. The van der Waals surface area contributed by atoms with Crippen molar-refractivity contribution in [3.05, 3.63) is 18.0 Å². The SMILES string of the molecule is C[C@H]1CC[C@@](C)(O)C[C@H]1CC[C@@H]1CCC[C@@]2(C)[C@H]1[C@H](CN(C)C)C[C@@H]2C(=O)Cn1cc(C#N)cn1. The minimum Gasteiger partial charge on any atom is -0.390 e. The summed E-state index contributed by atoms with van der Waals surface area (Å²) in [6, 6.07) is 2.11. The molecule has 0 amide bonds. The van der Waals surface area contributed by atoms with Crippen LogP contribution < -0.4 is 0 Å². The monoisotopic (exact) mass is 482 g/mol. The minimum atomic E-state index is -0.505. The first-order valence-electron chi connectivity index (χ1n) is 13.8. The van der Waals surface area contributed by atoms with Crippen molar-refractivity contribution in [1.29, 1.82) is 5.26 Å². The predicted octanol–water partition coefficient (Wildman–Crippen LogP) is 4.91. The van der Waals surface area contributed by atoms with Gasteiger partial charge in [0.2, 0.25) is 0 Å². The van der Waals surface area contributed by atoms with Crippen LogP contribution >= 0.6 is 0 Å². The lowest BCUT2D eigenvalue weighted by atomic mass is 9.58. The van der Waals surface area contributed by atoms with Crippen LogP contribution in [0.2, 0.25) is 0 Å². The maximum atomic E-state index is 13.6. The molecule has 35 heavy (non-hydrogen) atoms. The Balaban J connectivity index is 1.51. The molecule has 1 heterocycles. The molecule has 0 spiro atoms. The molecule has 4 rings (SSSR count). The molecule has 0 aromatic carbocycles. The fourth-order valence-corrected chi connectivity index (χ4v) is 8.39. The number of carbonyl (C=O) groups is 1. The number of fused-ring (bicyclic) bond motifs is 1. The summed E-state index contributed by atoms with van der Waals surface area (Å²) in [6.45, 7) is 8.10. The van der Waals surface area contributed by atoms with Gasteiger partial charge in [0.15, 0.2) is 5.78 Å². The summed E-state index contributed by atoms with van der Waals surface area (Å²) in [5.41, 5.74) is 0.0387. The van der Waals surface area contributed by atoms with Crippen molar-refractivity contribution < 1.29 is 9.90 Å². The largest absolute Gasteiger partial charge is 0.390 e. The molecule has 194 valence electrons. The molecule has 0 aliphatic heterocycles. The Morgan fingerprint density at radius 2 is 1.97 bits per heavy atom. The quantitative estimate of drug-likeness (QED) is 0.569. The lowest BCUT2D eigenvalue weighted by Gasteiger charge is -2.47. The van der Waals surface area contributed by atoms with E-state index in [-0.39, 0.29) is 23.7 Å². The molecule has 0 unspecified atom stereocenters. The first-order chi connectivity index (χ1) is 16.5. The van der Waals surface area contributed by atoms with Crippen molar-refractivity contribution in [1.82, 2.24) is 14.7 Å². The van der Waals surface area contributed by atoms with Gasteiger partial charge in [-0.1, -0.05) is 26.7 Å². The number of ketones is 1. The Kier molecular flexibility index (Phi) is 7.79. The van der Waals surface area contributed by atoms with E-state index in [1.165, 1.54) is 25.7 Å². The van der Waals surface area contributed by atoms with Crippen LogP contribution in [0, 0.1) is 52.3 Å². The van der Waals surface area contributed by atoms with Crippen LogP contribution in [0.15, 0.2) is 12.4 Å². The van der Waals surface area contributed by atoms with E-state index in [0.29, 0.717) is 35.2 Å². The van der Waals surface area contributed by atoms with Crippen molar-refractivity contribution in [3.8, 4) is 6.07 Å². The minimum absolute atomic E-state index is 0.0373. The second kappa shape index (κ2) is 10.3. The summed E-state index contributed by atoms with van der Waals surface area (Å²) in [5.74, 6) is 3.40. The van der Waals surface area contributed by atoms with Crippen molar-refractivity contribution in [3.63, 3.8) is 0 Å². The van der Waals surface area contributed by atoms with Gasteiger partial charge in [0.1, 0.15) is 6.07 Å². The molecule has 1 aromatic rings. The molecule has 0 saturated heterocycles. The summed E-state index contributed by atoms with van der Waals surface area (Å²) in [4.78, 5) is 15.9. The average molecular weight is 483 g/mol. The summed E-state index contributed by atoms with van der Waals surface area (Å²) in [7, 11) is 4.31.